The Kier molecular flexibility index (Phi) is 3.47. The molecule has 0 spiro atoms. The van der Waals surface area contributed by atoms with Crippen LogP contribution in [0.2, 0.25) is 0 Å². The first kappa shape index (κ1) is 12.1. The van der Waals surface area contributed by atoms with Crippen LogP contribution in [0.5, 0.6) is 0 Å². The molecule has 1 heterocycles. The van der Waals surface area contributed by atoms with Crippen LogP contribution in [0.4, 0.5) is 0 Å². The minimum atomic E-state index is -0.358. The Morgan fingerprint density at radius 2 is 2.41 bits per heavy atom. The summed E-state index contributed by atoms with van der Waals surface area (Å²) in [5.41, 5.74) is 1.26. The number of hydrogen-bond donors (Lipinski definition) is 1. The minimum absolute atomic E-state index is 0.00169. The summed E-state index contributed by atoms with van der Waals surface area (Å²) >= 11 is 0. The second-order valence-electron chi connectivity index (χ2n) is 4.37. The van der Waals surface area contributed by atoms with Crippen molar-refractivity contribution in [2.75, 3.05) is 6.61 Å². The van der Waals surface area contributed by atoms with Crippen molar-refractivity contribution in [3.05, 3.63) is 17.5 Å². The monoisotopic (exact) mass is 238 g/mol. The molecule has 0 amide bonds. The van der Waals surface area contributed by atoms with Crippen molar-refractivity contribution in [3.63, 3.8) is 0 Å². The van der Waals surface area contributed by atoms with E-state index in [9.17, 15) is 9.90 Å². The number of esters is 1. The Hall–Kier alpha value is -1.36. The van der Waals surface area contributed by atoms with E-state index in [4.69, 9.17) is 4.74 Å². The first-order valence-corrected chi connectivity index (χ1v) is 6.04. The van der Waals surface area contributed by atoms with Gasteiger partial charge in [0, 0.05) is 0 Å². The molecule has 2 atom stereocenters. The molecule has 17 heavy (non-hydrogen) atoms. The van der Waals surface area contributed by atoms with Gasteiger partial charge in [-0.25, -0.2) is 4.79 Å². The Bertz CT molecular complexity index is 414. The highest BCUT2D eigenvalue weighted by atomic mass is 16.5. The maximum Gasteiger partial charge on any atom is 0.341 e. The highest BCUT2D eigenvalue weighted by Crippen LogP contribution is 2.31. The number of aliphatic hydroxyl groups excluding tert-OH is 1. The van der Waals surface area contributed by atoms with Crippen molar-refractivity contribution in [2.24, 2.45) is 0 Å². The van der Waals surface area contributed by atoms with Crippen molar-refractivity contribution in [3.8, 4) is 0 Å². The Labute approximate surface area is 100 Å². The molecule has 2 unspecified atom stereocenters. The molecule has 0 radical (unpaired) electrons. The van der Waals surface area contributed by atoms with Gasteiger partial charge >= 0.3 is 5.97 Å². The maximum absolute atomic E-state index is 11.6. The summed E-state index contributed by atoms with van der Waals surface area (Å²) < 4.78 is 6.71. The van der Waals surface area contributed by atoms with E-state index in [2.05, 4.69) is 5.10 Å². The van der Waals surface area contributed by atoms with Gasteiger partial charge in [-0.3, -0.25) is 4.68 Å². The van der Waals surface area contributed by atoms with Crippen LogP contribution in [0.1, 0.15) is 48.3 Å². The summed E-state index contributed by atoms with van der Waals surface area (Å²) in [7, 11) is 0. The largest absolute Gasteiger partial charge is 0.462 e. The summed E-state index contributed by atoms with van der Waals surface area (Å²) in [6.45, 7) is 3.97. The molecule has 1 aliphatic carbocycles. The molecule has 5 heteroatoms. The number of aromatic nitrogens is 2. The number of nitrogens with zero attached hydrogens (tertiary/aromatic N) is 2. The van der Waals surface area contributed by atoms with Crippen LogP contribution < -0.4 is 0 Å². The third-order valence-corrected chi connectivity index (χ3v) is 3.30. The predicted molar refractivity (Wildman–Crippen MR) is 61.8 cm³/mol. The standard InChI is InChI=1S/C12H18N2O3/c1-3-17-12(16)9-7-13-14(8(9)2)10-5-4-6-11(10)15/h7,10-11,15H,3-6H2,1-2H3. The molecule has 94 valence electrons. The van der Waals surface area contributed by atoms with Crippen molar-refractivity contribution in [1.82, 2.24) is 9.78 Å². The smallest absolute Gasteiger partial charge is 0.341 e. The van der Waals surface area contributed by atoms with Crippen LogP contribution in [0.25, 0.3) is 0 Å². The number of rotatable bonds is 3. The van der Waals surface area contributed by atoms with Gasteiger partial charge in [0.25, 0.3) is 0 Å². The second-order valence-corrected chi connectivity index (χ2v) is 4.37. The van der Waals surface area contributed by atoms with Crippen molar-refractivity contribution >= 4 is 5.97 Å². The van der Waals surface area contributed by atoms with E-state index in [0.29, 0.717) is 12.2 Å². The van der Waals surface area contributed by atoms with E-state index in [-0.39, 0.29) is 18.1 Å². The van der Waals surface area contributed by atoms with Gasteiger partial charge < -0.3 is 9.84 Å². The highest BCUT2D eigenvalue weighted by molar-refractivity contribution is 5.90. The van der Waals surface area contributed by atoms with Gasteiger partial charge in [-0.15, -0.1) is 0 Å². The summed E-state index contributed by atoms with van der Waals surface area (Å²) in [5.74, 6) is -0.344. The van der Waals surface area contributed by atoms with Crippen LogP contribution in [0.3, 0.4) is 0 Å². The molecule has 0 aromatic carbocycles. The van der Waals surface area contributed by atoms with Crippen LogP contribution in [0.15, 0.2) is 6.20 Å². The van der Waals surface area contributed by atoms with Gasteiger partial charge in [-0.05, 0) is 33.1 Å². The first-order valence-electron chi connectivity index (χ1n) is 6.04. The maximum atomic E-state index is 11.6. The van der Waals surface area contributed by atoms with E-state index >= 15 is 0 Å². The molecule has 0 bridgehead atoms. The zero-order valence-corrected chi connectivity index (χ0v) is 10.2. The lowest BCUT2D eigenvalue weighted by Crippen LogP contribution is -2.20. The van der Waals surface area contributed by atoms with Crippen LogP contribution >= 0.6 is 0 Å². The van der Waals surface area contributed by atoms with Crippen LogP contribution in [0, 0.1) is 6.92 Å². The molecule has 1 saturated carbocycles. The molecule has 0 saturated heterocycles. The third-order valence-electron chi connectivity index (χ3n) is 3.30. The fourth-order valence-electron chi connectivity index (χ4n) is 2.37. The number of carbonyl (C=O) groups excluding carboxylic acids is 1. The van der Waals surface area contributed by atoms with Crippen LogP contribution in [-0.4, -0.2) is 33.6 Å². The number of carbonyl (C=O) groups is 1. The van der Waals surface area contributed by atoms with Gasteiger partial charge in [0.2, 0.25) is 0 Å². The van der Waals surface area contributed by atoms with Gasteiger partial charge in [-0.1, -0.05) is 0 Å². The van der Waals surface area contributed by atoms with Crippen molar-refractivity contribution in [1.29, 1.82) is 0 Å². The average molecular weight is 238 g/mol. The van der Waals surface area contributed by atoms with Gasteiger partial charge in [-0.2, -0.15) is 5.10 Å². The van der Waals surface area contributed by atoms with Gasteiger partial charge in [0.1, 0.15) is 5.56 Å². The molecule has 1 N–H and O–H groups in total. The fourth-order valence-corrected chi connectivity index (χ4v) is 2.37. The molecule has 2 rings (SSSR count). The summed E-state index contributed by atoms with van der Waals surface area (Å²) in [6, 6.07) is -0.00169. The first-order chi connectivity index (χ1) is 8.15. The quantitative estimate of drug-likeness (QED) is 0.809. The molecule has 0 aliphatic heterocycles. The molecule has 1 aromatic rings. The third kappa shape index (κ3) is 2.20. The van der Waals surface area contributed by atoms with E-state index < -0.39 is 0 Å². The predicted octanol–water partition coefficient (Wildman–Crippen LogP) is 1.45. The summed E-state index contributed by atoms with van der Waals surface area (Å²) in [5, 5.41) is 14.0. The SMILES string of the molecule is CCOC(=O)c1cnn(C2CCCC2O)c1C. The molecular formula is C12H18N2O3. The lowest BCUT2D eigenvalue weighted by Gasteiger charge is -2.17. The molecule has 1 aliphatic rings. The molecule has 5 nitrogen and oxygen atoms in total. The van der Waals surface area contributed by atoms with Gasteiger partial charge in [0.15, 0.2) is 0 Å². The Morgan fingerprint density at radius 1 is 1.65 bits per heavy atom. The van der Waals surface area contributed by atoms with Crippen LogP contribution in [-0.2, 0) is 4.74 Å². The van der Waals surface area contributed by atoms with Gasteiger partial charge in [0.05, 0.1) is 30.6 Å². The van der Waals surface area contributed by atoms with E-state index in [0.717, 1.165) is 25.0 Å². The fraction of sp³-hybridized carbons (Fsp3) is 0.667. The highest BCUT2D eigenvalue weighted by Gasteiger charge is 2.29. The summed E-state index contributed by atoms with van der Waals surface area (Å²) in [6.07, 6.45) is 3.88. The minimum Gasteiger partial charge on any atom is -0.462 e. The number of aliphatic hydroxyl groups is 1. The lowest BCUT2D eigenvalue weighted by atomic mass is 10.2. The van der Waals surface area contributed by atoms with E-state index in [1.54, 1.807) is 11.6 Å². The average Bonchev–Trinajstić information content (AvgIpc) is 2.85. The zero-order chi connectivity index (χ0) is 12.4. The Balaban J connectivity index is 2.23. The number of hydrogen-bond acceptors (Lipinski definition) is 4. The van der Waals surface area contributed by atoms with Crippen molar-refractivity contribution < 1.29 is 14.6 Å². The topological polar surface area (TPSA) is 64.3 Å². The molecular weight excluding hydrogens is 220 g/mol. The molecule has 1 aromatic heterocycles. The number of ether oxygens (including phenoxy) is 1. The van der Waals surface area contributed by atoms with E-state index in [1.165, 1.54) is 6.20 Å². The zero-order valence-electron chi connectivity index (χ0n) is 10.2. The summed E-state index contributed by atoms with van der Waals surface area (Å²) in [4.78, 5) is 11.6. The van der Waals surface area contributed by atoms with Crippen molar-refractivity contribution in [2.45, 2.75) is 45.3 Å². The normalized spacial score (nSPS) is 23.9. The second kappa shape index (κ2) is 4.87. The molecule has 1 fully saturated rings. The van der Waals surface area contributed by atoms with E-state index in [1.807, 2.05) is 6.92 Å². The lowest BCUT2D eigenvalue weighted by molar-refractivity contribution is 0.0524. The Morgan fingerprint density at radius 3 is 3.00 bits per heavy atom.